The molecule has 2 nitrogen and oxygen atoms in total. The number of hydrogen-bond acceptors (Lipinski definition) is 2. The van der Waals surface area contributed by atoms with Crippen LogP contribution in [-0.4, -0.2) is 18.5 Å². The largest absolute Gasteiger partial charge is 0.370 e. The lowest BCUT2D eigenvalue weighted by Gasteiger charge is -2.31. The topological polar surface area (TPSA) is 26.3 Å². The van der Waals surface area contributed by atoms with Gasteiger partial charge in [-0.1, -0.05) is 44.2 Å². The maximum absolute atomic E-state index is 11.9. The fourth-order valence-corrected chi connectivity index (χ4v) is 2.73. The number of hydrogen-bond donors (Lipinski definition) is 0. The highest BCUT2D eigenvalue weighted by Gasteiger charge is 2.25. The van der Waals surface area contributed by atoms with E-state index in [-0.39, 0.29) is 18.5 Å². The van der Waals surface area contributed by atoms with E-state index in [1.807, 2.05) is 30.3 Å². The lowest BCUT2D eigenvalue weighted by molar-refractivity contribution is -0.126. The molecule has 2 rings (SSSR count). The smallest absolute Gasteiger partial charge is 0.162 e. The van der Waals surface area contributed by atoms with Crippen LogP contribution in [0.4, 0.5) is 0 Å². The van der Waals surface area contributed by atoms with Crippen molar-refractivity contribution in [2.75, 3.05) is 6.61 Å². The maximum atomic E-state index is 11.9. The number of carbonyl (C=O) groups excluding carboxylic acids is 1. The summed E-state index contributed by atoms with van der Waals surface area (Å²) < 4.78 is 5.79. The third-order valence-corrected chi connectivity index (χ3v) is 4.27. The summed E-state index contributed by atoms with van der Waals surface area (Å²) in [6.45, 7) is 4.86. The predicted molar refractivity (Wildman–Crippen MR) is 77.1 cm³/mol. The van der Waals surface area contributed by atoms with E-state index in [0.717, 1.165) is 24.3 Å². The van der Waals surface area contributed by atoms with E-state index in [4.69, 9.17) is 4.74 Å². The van der Waals surface area contributed by atoms with Crippen LogP contribution in [-0.2, 0) is 16.0 Å². The monoisotopic (exact) mass is 260 g/mol. The highest BCUT2D eigenvalue weighted by molar-refractivity contribution is 5.82. The van der Waals surface area contributed by atoms with Crippen molar-refractivity contribution < 1.29 is 9.53 Å². The second kappa shape index (κ2) is 6.85. The minimum Gasteiger partial charge on any atom is -0.370 e. The minimum absolute atomic E-state index is 0.178. The number of rotatable bonds is 5. The van der Waals surface area contributed by atoms with E-state index in [1.54, 1.807) is 0 Å². The predicted octanol–water partition coefficient (Wildman–Crippen LogP) is 3.64. The molecule has 1 aliphatic carbocycles. The number of Topliss-reactive ketones (excluding diaryl/α,β-unsaturated/α-hetero) is 1. The minimum atomic E-state index is 0.178. The van der Waals surface area contributed by atoms with Crippen LogP contribution >= 0.6 is 0 Å². The van der Waals surface area contributed by atoms with E-state index < -0.39 is 0 Å². The molecule has 0 radical (unpaired) electrons. The first-order valence-electron chi connectivity index (χ1n) is 7.32. The molecule has 1 aromatic rings. The quantitative estimate of drug-likeness (QED) is 0.808. The van der Waals surface area contributed by atoms with Gasteiger partial charge in [0.05, 0.1) is 6.10 Å². The summed E-state index contributed by atoms with van der Waals surface area (Å²) in [4.78, 5) is 11.9. The fourth-order valence-electron chi connectivity index (χ4n) is 2.73. The molecular formula is C17H24O2. The molecule has 0 N–H and O–H groups in total. The fraction of sp³-hybridized carbons (Fsp3) is 0.588. The summed E-state index contributed by atoms with van der Waals surface area (Å²) in [7, 11) is 0. The van der Waals surface area contributed by atoms with Crippen LogP contribution in [0.2, 0.25) is 0 Å². The first kappa shape index (κ1) is 14.3. The molecule has 3 unspecified atom stereocenters. The molecule has 19 heavy (non-hydrogen) atoms. The first-order chi connectivity index (χ1) is 9.15. The van der Waals surface area contributed by atoms with Gasteiger partial charge in [-0.05, 0) is 36.7 Å². The molecule has 0 saturated heterocycles. The molecule has 0 heterocycles. The van der Waals surface area contributed by atoms with Gasteiger partial charge in [0.15, 0.2) is 5.78 Å². The third-order valence-electron chi connectivity index (χ3n) is 4.27. The van der Waals surface area contributed by atoms with E-state index >= 15 is 0 Å². The summed E-state index contributed by atoms with van der Waals surface area (Å²) in [6.07, 6.45) is 4.19. The van der Waals surface area contributed by atoms with Gasteiger partial charge in [0, 0.05) is 6.42 Å². The molecule has 0 spiro atoms. The van der Waals surface area contributed by atoms with Crippen molar-refractivity contribution in [2.45, 2.75) is 45.6 Å². The normalized spacial score (nSPS) is 27.2. The lowest BCUT2D eigenvalue weighted by atomic mass is 9.80. The zero-order valence-electron chi connectivity index (χ0n) is 12.0. The van der Waals surface area contributed by atoms with Crippen LogP contribution in [0.3, 0.4) is 0 Å². The van der Waals surface area contributed by atoms with Crippen molar-refractivity contribution in [2.24, 2.45) is 11.8 Å². The highest BCUT2D eigenvalue weighted by atomic mass is 16.5. The second-order valence-corrected chi connectivity index (χ2v) is 5.90. The van der Waals surface area contributed by atoms with Crippen molar-refractivity contribution in [3.05, 3.63) is 35.9 Å². The Balaban J connectivity index is 1.72. The summed E-state index contributed by atoms with van der Waals surface area (Å²) in [5.41, 5.74) is 1.07. The van der Waals surface area contributed by atoms with Crippen molar-refractivity contribution in [1.82, 2.24) is 0 Å². The molecule has 0 aromatic heterocycles. The average Bonchev–Trinajstić information content (AvgIpc) is 2.41. The average molecular weight is 260 g/mol. The van der Waals surface area contributed by atoms with E-state index in [2.05, 4.69) is 13.8 Å². The van der Waals surface area contributed by atoms with Crippen LogP contribution in [0.5, 0.6) is 0 Å². The molecule has 1 saturated carbocycles. The van der Waals surface area contributed by atoms with Gasteiger partial charge in [0.1, 0.15) is 6.61 Å². The van der Waals surface area contributed by atoms with Gasteiger partial charge in [-0.25, -0.2) is 0 Å². The van der Waals surface area contributed by atoms with Crippen molar-refractivity contribution in [1.29, 1.82) is 0 Å². The third kappa shape index (κ3) is 4.46. The zero-order valence-corrected chi connectivity index (χ0v) is 12.0. The van der Waals surface area contributed by atoms with Crippen molar-refractivity contribution >= 4 is 5.78 Å². The van der Waals surface area contributed by atoms with E-state index in [1.165, 1.54) is 6.42 Å². The Morgan fingerprint density at radius 1 is 1.16 bits per heavy atom. The van der Waals surface area contributed by atoms with Crippen LogP contribution in [0.1, 0.15) is 38.7 Å². The van der Waals surface area contributed by atoms with E-state index in [0.29, 0.717) is 12.3 Å². The Kier molecular flexibility index (Phi) is 5.15. The van der Waals surface area contributed by atoms with Crippen LogP contribution in [0.15, 0.2) is 30.3 Å². The number of ether oxygens (including phenoxy) is 1. The van der Waals surface area contributed by atoms with Crippen LogP contribution in [0.25, 0.3) is 0 Å². The Bertz CT molecular complexity index is 399. The SMILES string of the molecule is CC1CCC(OCC(=O)Cc2ccccc2)CC1C. The number of benzene rings is 1. The number of ketones is 1. The van der Waals surface area contributed by atoms with Gasteiger partial charge in [-0.2, -0.15) is 0 Å². The van der Waals surface area contributed by atoms with Gasteiger partial charge in [-0.3, -0.25) is 4.79 Å². The number of carbonyl (C=O) groups is 1. The highest BCUT2D eigenvalue weighted by Crippen LogP contribution is 2.30. The Morgan fingerprint density at radius 2 is 1.89 bits per heavy atom. The standard InChI is InChI=1S/C17H24O2/c1-13-8-9-17(10-14(13)2)19-12-16(18)11-15-6-4-3-5-7-15/h3-7,13-14,17H,8-12H2,1-2H3. The van der Waals surface area contributed by atoms with Gasteiger partial charge >= 0.3 is 0 Å². The van der Waals surface area contributed by atoms with Gasteiger partial charge in [0.25, 0.3) is 0 Å². The molecule has 3 atom stereocenters. The van der Waals surface area contributed by atoms with Gasteiger partial charge < -0.3 is 4.74 Å². The summed E-state index contributed by atoms with van der Waals surface area (Å²) in [5.74, 6) is 1.68. The molecule has 104 valence electrons. The molecule has 0 bridgehead atoms. The van der Waals surface area contributed by atoms with Crippen LogP contribution in [0, 0.1) is 11.8 Å². The van der Waals surface area contributed by atoms with Crippen LogP contribution < -0.4 is 0 Å². The summed E-state index contributed by atoms with van der Waals surface area (Å²) >= 11 is 0. The molecule has 1 fully saturated rings. The Labute approximate surface area is 116 Å². The molecule has 1 aliphatic rings. The summed E-state index contributed by atoms with van der Waals surface area (Å²) in [6, 6.07) is 9.88. The Morgan fingerprint density at radius 3 is 2.58 bits per heavy atom. The van der Waals surface area contributed by atoms with E-state index in [9.17, 15) is 4.79 Å². The van der Waals surface area contributed by atoms with Gasteiger partial charge in [-0.15, -0.1) is 0 Å². The van der Waals surface area contributed by atoms with Crippen molar-refractivity contribution in [3.8, 4) is 0 Å². The van der Waals surface area contributed by atoms with Gasteiger partial charge in [0.2, 0.25) is 0 Å². The lowest BCUT2D eigenvalue weighted by Crippen LogP contribution is -2.28. The molecular weight excluding hydrogens is 236 g/mol. The maximum Gasteiger partial charge on any atom is 0.162 e. The summed E-state index contributed by atoms with van der Waals surface area (Å²) in [5, 5.41) is 0. The second-order valence-electron chi connectivity index (χ2n) is 5.90. The first-order valence-corrected chi connectivity index (χ1v) is 7.32. The molecule has 2 heteroatoms. The zero-order chi connectivity index (χ0) is 13.7. The molecule has 0 amide bonds. The molecule has 0 aliphatic heterocycles. The Hall–Kier alpha value is -1.15. The van der Waals surface area contributed by atoms with Crippen molar-refractivity contribution in [3.63, 3.8) is 0 Å². The molecule has 1 aromatic carbocycles.